The van der Waals surface area contributed by atoms with Crippen molar-refractivity contribution in [2.24, 2.45) is 0 Å². The Kier molecular flexibility index (Phi) is 5.08. The fourth-order valence-corrected chi connectivity index (χ4v) is 2.43. The zero-order valence-corrected chi connectivity index (χ0v) is 14.4. The second-order valence-electron chi connectivity index (χ2n) is 5.26. The van der Waals surface area contributed by atoms with Crippen LogP contribution in [-0.4, -0.2) is 15.8 Å². The van der Waals surface area contributed by atoms with Crippen LogP contribution in [0.1, 0.15) is 5.56 Å². The van der Waals surface area contributed by atoms with Gasteiger partial charge < -0.3 is 10.6 Å². The van der Waals surface area contributed by atoms with Crippen molar-refractivity contribution in [2.75, 3.05) is 10.6 Å². The molecule has 128 valence electrons. The maximum atomic E-state index is 13.5. The molecule has 0 spiro atoms. The number of hydrogen-bond donors (Lipinski definition) is 2. The highest BCUT2D eigenvalue weighted by atomic mass is 79.9. The van der Waals surface area contributed by atoms with Crippen LogP contribution >= 0.6 is 15.9 Å². The lowest BCUT2D eigenvalue weighted by atomic mass is 10.2. The third-order valence-corrected chi connectivity index (χ3v) is 3.86. The number of carbonyl (C=O) groups excluding carboxylic acids is 1. The Morgan fingerprint density at radius 2 is 1.88 bits per heavy atom. The van der Waals surface area contributed by atoms with Crippen molar-refractivity contribution < 1.29 is 13.6 Å². The van der Waals surface area contributed by atoms with Crippen LogP contribution in [0.15, 0.2) is 59.3 Å². The molecular formula is C17H13BrF2N4O. The summed E-state index contributed by atoms with van der Waals surface area (Å²) in [6.07, 6.45) is 3.14. The van der Waals surface area contributed by atoms with Gasteiger partial charge in [-0.3, -0.25) is 4.68 Å². The Hall–Kier alpha value is -2.74. The number of nitrogens with one attached hydrogen (secondary N) is 2. The van der Waals surface area contributed by atoms with Crippen molar-refractivity contribution in [2.45, 2.75) is 6.54 Å². The molecule has 2 N–H and O–H groups in total. The molecule has 0 fully saturated rings. The standard InChI is InChI=1S/C17H13BrF2N4O/c18-12-3-1-11(2-4-12)9-24-10-14(8-21-24)22-17(25)23-16-6-5-13(19)7-15(16)20/h1-8,10H,9H2,(H2,22,23,25). The fraction of sp³-hybridized carbons (Fsp3) is 0.0588. The molecule has 0 aliphatic carbocycles. The van der Waals surface area contributed by atoms with Gasteiger partial charge in [0.25, 0.3) is 0 Å². The lowest BCUT2D eigenvalue weighted by molar-refractivity contribution is 0.262. The highest BCUT2D eigenvalue weighted by Gasteiger charge is 2.09. The minimum atomic E-state index is -0.846. The second-order valence-corrected chi connectivity index (χ2v) is 6.17. The van der Waals surface area contributed by atoms with Gasteiger partial charge in [-0.2, -0.15) is 5.10 Å². The van der Waals surface area contributed by atoms with E-state index in [4.69, 9.17) is 0 Å². The Labute approximate surface area is 150 Å². The first-order valence-electron chi connectivity index (χ1n) is 7.29. The van der Waals surface area contributed by atoms with E-state index in [0.717, 1.165) is 22.2 Å². The van der Waals surface area contributed by atoms with Gasteiger partial charge in [0.2, 0.25) is 0 Å². The van der Waals surface area contributed by atoms with Crippen LogP contribution in [0.3, 0.4) is 0 Å². The summed E-state index contributed by atoms with van der Waals surface area (Å²) in [6.45, 7) is 0.545. The third-order valence-electron chi connectivity index (χ3n) is 3.33. The molecule has 8 heteroatoms. The molecule has 0 atom stereocenters. The van der Waals surface area contributed by atoms with E-state index in [0.29, 0.717) is 18.3 Å². The second kappa shape index (κ2) is 7.43. The molecule has 3 aromatic rings. The van der Waals surface area contributed by atoms with Crippen LogP contribution in [0.25, 0.3) is 0 Å². The van der Waals surface area contributed by atoms with Gasteiger partial charge in [0.15, 0.2) is 0 Å². The summed E-state index contributed by atoms with van der Waals surface area (Å²) in [4.78, 5) is 11.9. The minimum Gasteiger partial charge on any atom is -0.305 e. The summed E-state index contributed by atoms with van der Waals surface area (Å²) in [5.74, 6) is -1.56. The molecule has 0 saturated carbocycles. The lowest BCUT2D eigenvalue weighted by Crippen LogP contribution is -2.19. The van der Waals surface area contributed by atoms with E-state index < -0.39 is 17.7 Å². The smallest absolute Gasteiger partial charge is 0.305 e. The number of aromatic nitrogens is 2. The zero-order valence-electron chi connectivity index (χ0n) is 12.8. The van der Waals surface area contributed by atoms with Crippen molar-refractivity contribution in [1.29, 1.82) is 0 Å². The Morgan fingerprint density at radius 1 is 1.12 bits per heavy atom. The Balaban J connectivity index is 1.60. The maximum Gasteiger partial charge on any atom is 0.323 e. The lowest BCUT2D eigenvalue weighted by Gasteiger charge is -2.07. The molecule has 0 unspecified atom stereocenters. The van der Waals surface area contributed by atoms with Crippen molar-refractivity contribution in [3.05, 3.63) is 76.5 Å². The summed E-state index contributed by atoms with van der Waals surface area (Å²) >= 11 is 3.37. The molecule has 0 radical (unpaired) electrons. The van der Waals surface area contributed by atoms with Gasteiger partial charge in [-0.25, -0.2) is 13.6 Å². The number of urea groups is 1. The SMILES string of the molecule is O=C(Nc1cnn(Cc2ccc(Br)cc2)c1)Nc1ccc(F)cc1F. The van der Waals surface area contributed by atoms with E-state index in [1.807, 2.05) is 24.3 Å². The van der Waals surface area contributed by atoms with Crippen molar-refractivity contribution in [1.82, 2.24) is 9.78 Å². The summed E-state index contributed by atoms with van der Waals surface area (Å²) < 4.78 is 29.0. The van der Waals surface area contributed by atoms with Crippen LogP contribution in [0.5, 0.6) is 0 Å². The van der Waals surface area contributed by atoms with E-state index in [2.05, 4.69) is 31.7 Å². The predicted octanol–water partition coefficient (Wildman–Crippen LogP) is 4.62. The molecule has 25 heavy (non-hydrogen) atoms. The number of nitrogens with zero attached hydrogens (tertiary/aromatic N) is 2. The average Bonchev–Trinajstić information content (AvgIpc) is 2.99. The van der Waals surface area contributed by atoms with Gasteiger partial charge in [0.05, 0.1) is 24.1 Å². The van der Waals surface area contributed by atoms with E-state index in [1.165, 1.54) is 6.20 Å². The number of amides is 2. The quantitative estimate of drug-likeness (QED) is 0.664. The highest BCUT2D eigenvalue weighted by molar-refractivity contribution is 9.10. The molecule has 5 nitrogen and oxygen atoms in total. The molecule has 0 saturated heterocycles. The molecule has 3 rings (SSSR count). The number of benzene rings is 2. The van der Waals surface area contributed by atoms with Crippen LogP contribution in [0.2, 0.25) is 0 Å². The molecule has 1 aromatic heterocycles. The van der Waals surface area contributed by atoms with E-state index >= 15 is 0 Å². The van der Waals surface area contributed by atoms with Crippen LogP contribution in [0.4, 0.5) is 25.0 Å². The summed E-state index contributed by atoms with van der Waals surface area (Å²) in [5, 5.41) is 9.03. The number of rotatable bonds is 4. The maximum absolute atomic E-state index is 13.5. The molecule has 2 aromatic carbocycles. The fourth-order valence-electron chi connectivity index (χ4n) is 2.17. The van der Waals surface area contributed by atoms with Crippen LogP contribution in [-0.2, 0) is 6.54 Å². The molecule has 1 heterocycles. The van der Waals surface area contributed by atoms with Crippen molar-refractivity contribution >= 4 is 33.3 Å². The molecular weight excluding hydrogens is 394 g/mol. The Morgan fingerprint density at radius 3 is 2.60 bits per heavy atom. The molecule has 0 bridgehead atoms. The van der Waals surface area contributed by atoms with Gasteiger partial charge in [0, 0.05) is 16.7 Å². The van der Waals surface area contributed by atoms with Gasteiger partial charge >= 0.3 is 6.03 Å². The van der Waals surface area contributed by atoms with Crippen molar-refractivity contribution in [3.8, 4) is 0 Å². The molecule has 0 aliphatic rings. The van der Waals surface area contributed by atoms with E-state index in [-0.39, 0.29) is 5.69 Å². The van der Waals surface area contributed by atoms with Gasteiger partial charge in [-0.1, -0.05) is 28.1 Å². The summed E-state index contributed by atoms with van der Waals surface area (Å²) in [5.41, 5.74) is 1.40. The molecule has 0 aliphatic heterocycles. The molecule has 2 amide bonds. The normalized spacial score (nSPS) is 10.5. The number of hydrogen-bond acceptors (Lipinski definition) is 2. The first-order valence-corrected chi connectivity index (χ1v) is 8.09. The van der Waals surface area contributed by atoms with Gasteiger partial charge in [-0.15, -0.1) is 0 Å². The minimum absolute atomic E-state index is 0.110. The first kappa shape index (κ1) is 17.1. The monoisotopic (exact) mass is 406 g/mol. The topological polar surface area (TPSA) is 59.0 Å². The first-order chi connectivity index (χ1) is 12.0. The Bertz CT molecular complexity index is 896. The van der Waals surface area contributed by atoms with Crippen LogP contribution < -0.4 is 10.6 Å². The van der Waals surface area contributed by atoms with Crippen molar-refractivity contribution in [3.63, 3.8) is 0 Å². The zero-order chi connectivity index (χ0) is 17.8. The predicted molar refractivity (Wildman–Crippen MR) is 94.5 cm³/mol. The number of carbonyl (C=O) groups is 1. The third kappa shape index (κ3) is 4.63. The average molecular weight is 407 g/mol. The number of halogens is 3. The van der Waals surface area contributed by atoms with Crippen LogP contribution in [0, 0.1) is 11.6 Å². The summed E-state index contributed by atoms with van der Waals surface area (Å²) in [7, 11) is 0. The summed E-state index contributed by atoms with van der Waals surface area (Å²) in [6, 6.07) is 10.1. The van der Waals surface area contributed by atoms with Gasteiger partial charge in [-0.05, 0) is 29.8 Å². The van der Waals surface area contributed by atoms with E-state index in [1.54, 1.807) is 10.9 Å². The van der Waals surface area contributed by atoms with Gasteiger partial charge in [0.1, 0.15) is 11.6 Å². The van der Waals surface area contributed by atoms with E-state index in [9.17, 15) is 13.6 Å². The largest absolute Gasteiger partial charge is 0.323 e. The number of anilines is 2. The highest BCUT2D eigenvalue weighted by Crippen LogP contribution is 2.16.